The van der Waals surface area contributed by atoms with Gasteiger partial charge in [0, 0.05) is 40.4 Å². The summed E-state index contributed by atoms with van der Waals surface area (Å²) < 4.78 is 0. The van der Waals surface area contributed by atoms with Crippen molar-refractivity contribution in [3.05, 3.63) is 212 Å². The van der Waals surface area contributed by atoms with Crippen molar-refractivity contribution in [1.82, 2.24) is 4.98 Å². The summed E-state index contributed by atoms with van der Waals surface area (Å²) in [7, 11) is 0. The van der Waals surface area contributed by atoms with Gasteiger partial charge in [0.1, 0.15) is 0 Å². The molecular formula is C50H39N3. The van der Waals surface area contributed by atoms with E-state index >= 15 is 0 Å². The summed E-state index contributed by atoms with van der Waals surface area (Å²) >= 11 is 0. The van der Waals surface area contributed by atoms with E-state index in [1.165, 1.54) is 33.6 Å². The summed E-state index contributed by atoms with van der Waals surface area (Å²) in [6.07, 6.45) is 3.69. The highest BCUT2D eigenvalue weighted by Gasteiger charge is 2.37. The molecule has 0 atom stereocenters. The Morgan fingerprint density at radius 3 is 1.62 bits per heavy atom. The Balaban J connectivity index is 1.20. The summed E-state index contributed by atoms with van der Waals surface area (Å²) in [5, 5.41) is 0. The Hall–Kier alpha value is -6.71. The third kappa shape index (κ3) is 5.87. The topological polar surface area (TPSA) is 19.4 Å². The summed E-state index contributed by atoms with van der Waals surface area (Å²) in [6, 6.07) is 67.8. The molecule has 7 aromatic carbocycles. The Kier molecular flexibility index (Phi) is 8.17. The summed E-state index contributed by atoms with van der Waals surface area (Å²) in [4.78, 5) is 9.03. The second kappa shape index (κ2) is 13.4. The van der Waals surface area contributed by atoms with Gasteiger partial charge in [-0.25, -0.2) is 0 Å². The van der Waals surface area contributed by atoms with Gasteiger partial charge in [-0.3, -0.25) is 4.98 Å². The average molecular weight is 682 g/mol. The molecule has 0 bridgehead atoms. The number of aromatic nitrogens is 1. The van der Waals surface area contributed by atoms with Crippen molar-refractivity contribution < 1.29 is 0 Å². The first-order valence-electron chi connectivity index (χ1n) is 18.2. The van der Waals surface area contributed by atoms with Crippen molar-refractivity contribution >= 4 is 34.1 Å². The van der Waals surface area contributed by atoms with Crippen LogP contribution in [0.2, 0.25) is 0 Å². The quantitative estimate of drug-likeness (QED) is 0.167. The van der Waals surface area contributed by atoms with E-state index in [2.05, 4.69) is 217 Å². The van der Waals surface area contributed by atoms with Crippen LogP contribution >= 0.6 is 0 Å². The molecule has 1 aliphatic heterocycles. The van der Waals surface area contributed by atoms with Crippen LogP contribution in [0.25, 0.3) is 33.4 Å². The SMILES string of the molecule is CC1(C)c2ccccc2N(c2ccccc2)c2cc(-c3ccccc3N(c3ccc(-c4ccccc4)cc3)c3ccc(-c4ccncc4)cc3)ccc21. The Morgan fingerprint density at radius 2 is 0.943 bits per heavy atom. The van der Waals surface area contributed by atoms with Gasteiger partial charge >= 0.3 is 0 Å². The fraction of sp³-hybridized carbons (Fsp3) is 0.0600. The van der Waals surface area contributed by atoms with Crippen molar-refractivity contribution in [1.29, 1.82) is 0 Å². The minimum Gasteiger partial charge on any atom is -0.310 e. The van der Waals surface area contributed by atoms with E-state index in [1.54, 1.807) is 0 Å². The summed E-state index contributed by atoms with van der Waals surface area (Å²) in [5.41, 5.74) is 16.3. The number of para-hydroxylation sites is 3. The molecule has 0 unspecified atom stereocenters. The molecule has 2 heterocycles. The maximum atomic E-state index is 4.22. The fourth-order valence-corrected chi connectivity index (χ4v) is 7.86. The smallest absolute Gasteiger partial charge is 0.0540 e. The maximum absolute atomic E-state index is 4.22. The fourth-order valence-electron chi connectivity index (χ4n) is 7.86. The third-order valence-corrected chi connectivity index (χ3v) is 10.6. The molecule has 3 nitrogen and oxygen atoms in total. The standard InChI is InChI=1S/C50H39N3/c1-50(2)45-18-10-12-20-48(45)53(41-15-7-4-8-16-41)49-35-40(25-30-46(49)50)44-17-9-11-19-47(44)52(42-26-21-37(22-27-42)36-13-5-3-6-14-36)43-28-23-38(24-29-43)39-31-33-51-34-32-39/h3-35H,1-2H3. The molecule has 1 aromatic heterocycles. The molecule has 3 heteroatoms. The molecular weight excluding hydrogens is 643 g/mol. The van der Waals surface area contributed by atoms with Crippen LogP contribution in [0.4, 0.5) is 34.1 Å². The molecule has 1 aliphatic rings. The minimum atomic E-state index is -0.168. The molecule has 0 fully saturated rings. The number of anilines is 6. The van der Waals surface area contributed by atoms with E-state index < -0.39 is 0 Å². The van der Waals surface area contributed by atoms with Crippen LogP contribution in [0.15, 0.2) is 200 Å². The van der Waals surface area contributed by atoms with Crippen LogP contribution in [-0.2, 0) is 5.41 Å². The largest absolute Gasteiger partial charge is 0.310 e. The van der Waals surface area contributed by atoms with Crippen LogP contribution in [0, 0.1) is 0 Å². The maximum Gasteiger partial charge on any atom is 0.0540 e. The zero-order chi connectivity index (χ0) is 35.8. The number of pyridine rings is 1. The molecule has 0 amide bonds. The van der Waals surface area contributed by atoms with Crippen molar-refractivity contribution in [2.75, 3.05) is 9.80 Å². The van der Waals surface area contributed by atoms with E-state index in [0.29, 0.717) is 0 Å². The molecule has 0 spiro atoms. The van der Waals surface area contributed by atoms with Crippen molar-refractivity contribution in [3.63, 3.8) is 0 Å². The van der Waals surface area contributed by atoms with Gasteiger partial charge in [0.2, 0.25) is 0 Å². The predicted octanol–water partition coefficient (Wildman–Crippen LogP) is 13.7. The first-order valence-corrected chi connectivity index (χ1v) is 18.2. The number of fused-ring (bicyclic) bond motifs is 2. The van der Waals surface area contributed by atoms with E-state index in [9.17, 15) is 0 Å². The number of hydrogen-bond donors (Lipinski definition) is 0. The molecule has 9 rings (SSSR count). The van der Waals surface area contributed by atoms with Crippen molar-refractivity contribution in [3.8, 4) is 33.4 Å². The lowest BCUT2D eigenvalue weighted by Crippen LogP contribution is -2.30. The Bertz CT molecular complexity index is 2420. The van der Waals surface area contributed by atoms with Gasteiger partial charge < -0.3 is 9.80 Å². The summed E-state index contributed by atoms with van der Waals surface area (Å²) in [6.45, 7) is 4.69. The molecule has 8 aromatic rings. The van der Waals surface area contributed by atoms with Crippen LogP contribution in [0.5, 0.6) is 0 Å². The minimum absolute atomic E-state index is 0.168. The second-order valence-corrected chi connectivity index (χ2v) is 14.1. The van der Waals surface area contributed by atoms with E-state index in [1.807, 2.05) is 12.4 Å². The van der Waals surface area contributed by atoms with Crippen LogP contribution in [0.1, 0.15) is 25.0 Å². The molecule has 254 valence electrons. The van der Waals surface area contributed by atoms with Crippen LogP contribution in [-0.4, -0.2) is 4.98 Å². The lowest BCUT2D eigenvalue weighted by molar-refractivity contribution is 0.632. The van der Waals surface area contributed by atoms with E-state index in [-0.39, 0.29) is 5.41 Å². The zero-order valence-electron chi connectivity index (χ0n) is 29.9. The molecule has 0 N–H and O–H groups in total. The first kappa shape index (κ1) is 32.2. The number of nitrogens with zero attached hydrogens (tertiary/aromatic N) is 3. The Morgan fingerprint density at radius 1 is 0.434 bits per heavy atom. The van der Waals surface area contributed by atoms with Crippen molar-refractivity contribution in [2.45, 2.75) is 19.3 Å². The van der Waals surface area contributed by atoms with Gasteiger partial charge in [0.05, 0.1) is 17.1 Å². The van der Waals surface area contributed by atoms with Gasteiger partial charge in [0.15, 0.2) is 0 Å². The Labute approximate surface area is 312 Å². The van der Waals surface area contributed by atoms with Gasteiger partial charge in [-0.2, -0.15) is 0 Å². The zero-order valence-corrected chi connectivity index (χ0v) is 29.9. The molecule has 0 saturated carbocycles. The van der Waals surface area contributed by atoms with Crippen LogP contribution in [0.3, 0.4) is 0 Å². The molecule has 0 saturated heterocycles. The highest BCUT2D eigenvalue weighted by molar-refractivity contribution is 5.93. The predicted molar refractivity (Wildman–Crippen MR) is 222 cm³/mol. The van der Waals surface area contributed by atoms with E-state index in [4.69, 9.17) is 0 Å². The highest BCUT2D eigenvalue weighted by atomic mass is 15.2. The molecule has 53 heavy (non-hydrogen) atoms. The van der Waals surface area contributed by atoms with Gasteiger partial charge in [0.25, 0.3) is 0 Å². The highest BCUT2D eigenvalue weighted by Crippen LogP contribution is 2.53. The number of hydrogen-bond acceptors (Lipinski definition) is 3. The van der Waals surface area contributed by atoms with Gasteiger partial charge in [-0.1, -0.05) is 135 Å². The lowest BCUT2D eigenvalue weighted by Gasteiger charge is -2.42. The number of rotatable bonds is 7. The van der Waals surface area contributed by atoms with Gasteiger partial charge in [-0.05, 0) is 106 Å². The molecule has 0 aliphatic carbocycles. The molecule has 0 radical (unpaired) electrons. The summed E-state index contributed by atoms with van der Waals surface area (Å²) in [5.74, 6) is 0. The normalized spacial score (nSPS) is 12.8. The number of benzene rings is 7. The second-order valence-electron chi connectivity index (χ2n) is 14.1. The van der Waals surface area contributed by atoms with Gasteiger partial charge in [-0.15, -0.1) is 0 Å². The average Bonchev–Trinajstić information content (AvgIpc) is 3.23. The van der Waals surface area contributed by atoms with Crippen LogP contribution < -0.4 is 9.80 Å². The monoisotopic (exact) mass is 681 g/mol. The van der Waals surface area contributed by atoms with Crippen molar-refractivity contribution in [2.24, 2.45) is 0 Å². The lowest BCUT2D eigenvalue weighted by atomic mass is 9.73. The third-order valence-electron chi connectivity index (χ3n) is 10.6. The first-order chi connectivity index (χ1) is 26.1. The van der Waals surface area contributed by atoms with E-state index in [0.717, 1.165) is 45.0 Å².